The highest BCUT2D eigenvalue weighted by atomic mass is 16.1. The summed E-state index contributed by atoms with van der Waals surface area (Å²) in [5.74, 6) is 0.918. The van der Waals surface area contributed by atoms with Gasteiger partial charge in [0.1, 0.15) is 11.6 Å². The number of Topliss-reactive ketones (excluding diaryl/α,β-unsaturated/α-hetero) is 1. The Morgan fingerprint density at radius 3 is 1.93 bits per heavy atom. The van der Waals surface area contributed by atoms with Crippen molar-refractivity contribution in [3.63, 3.8) is 0 Å². The Labute approximate surface area is 93.4 Å². The maximum Gasteiger partial charge on any atom is 0.145 e. The lowest BCUT2D eigenvalue weighted by Crippen LogP contribution is -2.45. The molecule has 0 saturated carbocycles. The van der Waals surface area contributed by atoms with Gasteiger partial charge in [-0.1, -0.05) is 13.8 Å². The van der Waals surface area contributed by atoms with Crippen molar-refractivity contribution in [2.24, 2.45) is 16.8 Å². The van der Waals surface area contributed by atoms with Gasteiger partial charge in [0.2, 0.25) is 0 Å². The topological polar surface area (TPSA) is 41.5 Å². The number of ketones is 1. The molecule has 0 bridgehead atoms. The van der Waals surface area contributed by atoms with E-state index in [2.05, 4.69) is 31.1 Å². The van der Waals surface area contributed by atoms with Crippen LogP contribution in [0.4, 0.5) is 0 Å². The quantitative estimate of drug-likeness (QED) is 0.576. The largest absolute Gasteiger partial charge is 0.369 e. The van der Waals surface area contributed by atoms with Crippen LogP contribution in [0.3, 0.4) is 0 Å². The van der Waals surface area contributed by atoms with E-state index in [0.717, 1.165) is 5.84 Å². The van der Waals surface area contributed by atoms with Crippen molar-refractivity contribution in [3.05, 3.63) is 0 Å². The number of nitrogens with zero attached hydrogens (tertiary/aromatic N) is 1. The molecule has 0 amide bonds. The van der Waals surface area contributed by atoms with Crippen LogP contribution in [-0.2, 0) is 4.79 Å². The van der Waals surface area contributed by atoms with Crippen LogP contribution >= 0.6 is 0 Å². The zero-order valence-corrected chi connectivity index (χ0v) is 11.0. The van der Waals surface area contributed by atoms with Gasteiger partial charge in [0.25, 0.3) is 0 Å². The molecule has 0 spiro atoms. The monoisotopic (exact) mass is 212 g/mol. The van der Waals surface area contributed by atoms with Crippen molar-refractivity contribution in [2.45, 2.75) is 47.1 Å². The number of rotatable bonds is 3. The molecule has 0 rings (SSSR count). The summed E-state index contributed by atoms with van der Waals surface area (Å²) < 4.78 is 0. The minimum absolute atomic E-state index is 0.0542. The molecule has 1 atom stereocenters. The molecule has 0 aliphatic rings. The third kappa shape index (κ3) is 4.96. The lowest BCUT2D eigenvalue weighted by molar-refractivity contribution is -0.123. The van der Waals surface area contributed by atoms with Crippen LogP contribution in [0.2, 0.25) is 0 Å². The van der Waals surface area contributed by atoms with Gasteiger partial charge in [-0.05, 0) is 27.7 Å². The second kappa shape index (κ2) is 5.29. The molecule has 0 aromatic heterocycles. The summed E-state index contributed by atoms with van der Waals surface area (Å²) in [5, 5.41) is 3.27. The fourth-order valence-corrected chi connectivity index (χ4v) is 1.38. The lowest BCUT2D eigenvalue weighted by atomic mass is 9.94. The molecule has 3 nitrogen and oxygen atoms in total. The molecular weight excluding hydrogens is 188 g/mol. The summed E-state index contributed by atoms with van der Waals surface area (Å²) in [6.45, 7) is 11.9. The molecule has 3 heteroatoms. The van der Waals surface area contributed by atoms with E-state index in [4.69, 9.17) is 0 Å². The summed E-state index contributed by atoms with van der Waals surface area (Å²) in [6.07, 6.45) is 0. The SMILES string of the molecule is CN=C(NC(C)(C)C)C(C)C(=O)C(C)C. The Kier molecular flexibility index (Phi) is 4.98. The smallest absolute Gasteiger partial charge is 0.145 e. The minimum atomic E-state index is -0.144. The van der Waals surface area contributed by atoms with E-state index in [1.807, 2.05) is 20.8 Å². The number of carbonyl (C=O) groups excluding carboxylic acids is 1. The average Bonchev–Trinajstić information content (AvgIpc) is 2.10. The molecule has 1 unspecified atom stereocenters. The number of hydrogen-bond donors (Lipinski definition) is 1. The van der Waals surface area contributed by atoms with E-state index in [1.54, 1.807) is 7.05 Å². The number of hydrogen-bond acceptors (Lipinski definition) is 2. The third-order valence-corrected chi connectivity index (χ3v) is 2.15. The number of nitrogens with one attached hydrogen (secondary N) is 1. The van der Waals surface area contributed by atoms with Crippen molar-refractivity contribution < 1.29 is 4.79 Å². The highest BCUT2D eigenvalue weighted by Gasteiger charge is 2.24. The number of carbonyl (C=O) groups is 1. The van der Waals surface area contributed by atoms with Gasteiger partial charge in [-0.15, -0.1) is 0 Å². The molecule has 0 radical (unpaired) electrons. The third-order valence-electron chi connectivity index (χ3n) is 2.15. The standard InChI is InChI=1S/C12H24N2O/c1-8(2)10(15)9(3)11(13-7)14-12(4,5)6/h8-9H,1-7H3,(H,13,14). The summed E-state index contributed by atoms with van der Waals surface area (Å²) in [5.41, 5.74) is -0.0552. The van der Waals surface area contributed by atoms with E-state index >= 15 is 0 Å². The van der Waals surface area contributed by atoms with E-state index in [0.29, 0.717) is 0 Å². The van der Waals surface area contributed by atoms with Crippen molar-refractivity contribution in [1.82, 2.24) is 5.32 Å². The highest BCUT2D eigenvalue weighted by Crippen LogP contribution is 2.10. The van der Waals surface area contributed by atoms with Gasteiger partial charge >= 0.3 is 0 Å². The van der Waals surface area contributed by atoms with Gasteiger partial charge in [-0.3, -0.25) is 9.79 Å². The molecule has 15 heavy (non-hydrogen) atoms. The minimum Gasteiger partial charge on any atom is -0.369 e. The van der Waals surface area contributed by atoms with E-state index in [1.165, 1.54) is 0 Å². The maximum atomic E-state index is 11.8. The molecule has 0 aliphatic heterocycles. The first kappa shape index (κ1) is 14.1. The molecule has 0 aliphatic carbocycles. The summed E-state index contributed by atoms with van der Waals surface area (Å²) in [7, 11) is 1.72. The molecule has 0 aromatic carbocycles. The van der Waals surface area contributed by atoms with Crippen LogP contribution in [0.15, 0.2) is 4.99 Å². The van der Waals surface area contributed by atoms with Gasteiger partial charge < -0.3 is 5.32 Å². The first-order valence-corrected chi connectivity index (χ1v) is 5.47. The van der Waals surface area contributed by atoms with Crippen molar-refractivity contribution in [2.75, 3.05) is 7.05 Å². The second-order valence-electron chi connectivity index (χ2n) is 5.26. The van der Waals surface area contributed by atoms with Gasteiger partial charge in [-0.2, -0.15) is 0 Å². The zero-order chi connectivity index (χ0) is 12.2. The van der Waals surface area contributed by atoms with Gasteiger partial charge in [0.05, 0.1) is 5.92 Å². The molecule has 1 N–H and O–H groups in total. The Morgan fingerprint density at radius 2 is 1.67 bits per heavy atom. The first-order chi connectivity index (χ1) is 6.69. The molecular formula is C12H24N2O. The summed E-state index contributed by atoms with van der Waals surface area (Å²) in [4.78, 5) is 16.0. The highest BCUT2D eigenvalue weighted by molar-refractivity contribution is 6.04. The van der Waals surface area contributed by atoms with Crippen LogP contribution in [0.25, 0.3) is 0 Å². The van der Waals surface area contributed by atoms with Gasteiger partial charge in [0.15, 0.2) is 0 Å². The van der Waals surface area contributed by atoms with Crippen LogP contribution in [-0.4, -0.2) is 24.2 Å². The molecule has 0 heterocycles. The zero-order valence-electron chi connectivity index (χ0n) is 11.0. The summed E-state index contributed by atoms with van der Waals surface area (Å²) >= 11 is 0. The second-order valence-corrected chi connectivity index (χ2v) is 5.26. The number of aliphatic imine (C=N–C) groups is 1. The Morgan fingerprint density at radius 1 is 1.20 bits per heavy atom. The van der Waals surface area contributed by atoms with Gasteiger partial charge in [-0.25, -0.2) is 0 Å². The van der Waals surface area contributed by atoms with Crippen molar-refractivity contribution in [1.29, 1.82) is 0 Å². The number of amidine groups is 1. The molecule has 88 valence electrons. The van der Waals surface area contributed by atoms with Crippen molar-refractivity contribution in [3.8, 4) is 0 Å². The van der Waals surface area contributed by atoms with E-state index < -0.39 is 0 Å². The van der Waals surface area contributed by atoms with Gasteiger partial charge in [0, 0.05) is 18.5 Å². The predicted molar refractivity (Wildman–Crippen MR) is 65.3 cm³/mol. The fourth-order valence-electron chi connectivity index (χ4n) is 1.38. The van der Waals surface area contributed by atoms with E-state index in [9.17, 15) is 4.79 Å². The first-order valence-electron chi connectivity index (χ1n) is 5.47. The summed E-state index contributed by atoms with van der Waals surface area (Å²) in [6, 6.07) is 0. The van der Waals surface area contributed by atoms with Crippen molar-refractivity contribution >= 4 is 11.6 Å². The maximum absolute atomic E-state index is 11.8. The predicted octanol–water partition coefficient (Wildman–Crippen LogP) is 2.26. The normalized spacial score (nSPS) is 15.3. The molecule has 0 saturated heterocycles. The van der Waals surface area contributed by atoms with Crippen LogP contribution in [0.5, 0.6) is 0 Å². The van der Waals surface area contributed by atoms with Crippen LogP contribution in [0, 0.1) is 11.8 Å². The fraction of sp³-hybridized carbons (Fsp3) is 0.833. The van der Waals surface area contributed by atoms with Crippen LogP contribution < -0.4 is 5.32 Å². The Hall–Kier alpha value is -0.860. The lowest BCUT2D eigenvalue weighted by Gasteiger charge is -2.26. The molecule has 0 aromatic rings. The van der Waals surface area contributed by atoms with E-state index in [-0.39, 0.29) is 23.2 Å². The Balaban J connectivity index is 4.65. The Bertz CT molecular complexity index is 249. The molecule has 0 fully saturated rings. The van der Waals surface area contributed by atoms with Crippen LogP contribution in [0.1, 0.15) is 41.5 Å². The average molecular weight is 212 g/mol.